The number of aromatic nitrogens is 3. The Morgan fingerprint density at radius 1 is 0.853 bits per heavy atom. The zero-order valence-corrected chi connectivity index (χ0v) is 18.6. The van der Waals surface area contributed by atoms with Crippen LogP contribution in [0.4, 0.5) is 13.2 Å². The Bertz CT molecular complexity index is 1480. The first kappa shape index (κ1) is 22.0. The SMILES string of the molecule is COc1ccc(-c2c(-c3ccc(Cl)cc3)nc3ncc(-c4cccc(C(F)(F)F)c4)cn23)cc1. The number of fused-ring (bicyclic) bond motifs is 1. The van der Waals surface area contributed by atoms with E-state index in [1.54, 1.807) is 35.9 Å². The highest BCUT2D eigenvalue weighted by atomic mass is 35.5. The number of hydrogen-bond donors (Lipinski definition) is 0. The molecule has 0 bridgehead atoms. The molecule has 0 aliphatic rings. The highest BCUT2D eigenvalue weighted by Crippen LogP contribution is 2.36. The van der Waals surface area contributed by atoms with Gasteiger partial charge in [-0.1, -0.05) is 35.9 Å². The van der Waals surface area contributed by atoms with Crippen molar-refractivity contribution in [3.05, 3.63) is 95.8 Å². The minimum absolute atomic E-state index is 0.409. The van der Waals surface area contributed by atoms with Gasteiger partial charge in [0, 0.05) is 34.1 Å². The Labute approximate surface area is 198 Å². The quantitative estimate of drug-likeness (QED) is 0.269. The minimum atomic E-state index is -4.43. The Hall–Kier alpha value is -3.84. The predicted octanol–water partition coefficient (Wildman–Crippen LogP) is 7.41. The number of benzene rings is 3. The molecule has 5 rings (SSSR count). The molecule has 0 spiro atoms. The lowest BCUT2D eigenvalue weighted by Gasteiger charge is -2.10. The van der Waals surface area contributed by atoms with Gasteiger partial charge in [0.15, 0.2) is 0 Å². The summed E-state index contributed by atoms with van der Waals surface area (Å²) in [4.78, 5) is 9.17. The number of ether oxygens (including phenoxy) is 1. The molecule has 0 N–H and O–H groups in total. The molecule has 0 aliphatic heterocycles. The van der Waals surface area contributed by atoms with Crippen LogP contribution < -0.4 is 4.74 Å². The second-order valence-corrected chi connectivity index (χ2v) is 8.07. The number of alkyl halides is 3. The first-order valence-corrected chi connectivity index (χ1v) is 10.7. The molecule has 0 unspecified atom stereocenters. The predicted molar refractivity (Wildman–Crippen MR) is 126 cm³/mol. The Morgan fingerprint density at radius 2 is 1.56 bits per heavy atom. The van der Waals surface area contributed by atoms with E-state index in [1.807, 2.05) is 36.4 Å². The third-order valence-electron chi connectivity index (χ3n) is 5.48. The molecule has 0 amide bonds. The molecule has 2 heterocycles. The zero-order valence-electron chi connectivity index (χ0n) is 17.8. The van der Waals surface area contributed by atoms with E-state index in [9.17, 15) is 13.2 Å². The molecule has 0 radical (unpaired) electrons. The molecule has 5 aromatic rings. The molecule has 170 valence electrons. The van der Waals surface area contributed by atoms with Gasteiger partial charge in [-0.2, -0.15) is 13.2 Å². The van der Waals surface area contributed by atoms with E-state index in [4.69, 9.17) is 21.3 Å². The monoisotopic (exact) mass is 479 g/mol. The number of imidazole rings is 1. The van der Waals surface area contributed by atoms with E-state index >= 15 is 0 Å². The van der Waals surface area contributed by atoms with Crippen molar-refractivity contribution in [2.45, 2.75) is 6.18 Å². The molecule has 0 atom stereocenters. The molecular formula is C26H17ClF3N3O. The van der Waals surface area contributed by atoms with Crippen molar-refractivity contribution in [1.82, 2.24) is 14.4 Å². The van der Waals surface area contributed by atoms with Gasteiger partial charge in [-0.05, 0) is 54.1 Å². The van der Waals surface area contributed by atoms with Crippen LogP contribution in [-0.4, -0.2) is 21.5 Å². The molecule has 4 nitrogen and oxygen atoms in total. The molecule has 3 aromatic carbocycles. The standard InChI is InChI=1S/C26H17ClF3N3O/c1-34-22-11-7-17(8-12-22)24-23(16-5-9-21(27)10-6-16)32-25-31-14-19(15-33(24)25)18-3-2-4-20(13-18)26(28,29)30/h2-15H,1H3. The number of nitrogens with zero attached hydrogens (tertiary/aromatic N) is 3. The zero-order chi connectivity index (χ0) is 23.9. The summed E-state index contributed by atoms with van der Waals surface area (Å²) in [5.41, 5.74) is 3.34. The van der Waals surface area contributed by atoms with Crippen LogP contribution in [0.15, 0.2) is 85.2 Å². The first-order valence-electron chi connectivity index (χ1n) is 10.3. The lowest BCUT2D eigenvalue weighted by Crippen LogP contribution is -2.04. The minimum Gasteiger partial charge on any atom is -0.497 e. The molecule has 8 heteroatoms. The van der Waals surface area contributed by atoms with Gasteiger partial charge < -0.3 is 4.74 Å². The van der Waals surface area contributed by atoms with E-state index in [0.29, 0.717) is 33.4 Å². The molecule has 2 aromatic heterocycles. The molecule has 0 aliphatic carbocycles. The molecule has 0 saturated heterocycles. The first-order chi connectivity index (χ1) is 16.3. The van der Waals surface area contributed by atoms with Crippen molar-refractivity contribution < 1.29 is 17.9 Å². The third-order valence-corrected chi connectivity index (χ3v) is 5.74. The molecule has 0 fully saturated rings. The van der Waals surface area contributed by atoms with E-state index in [-0.39, 0.29) is 0 Å². The van der Waals surface area contributed by atoms with Crippen molar-refractivity contribution in [2.75, 3.05) is 7.11 Å². The third kappa shape index (κ3) is 4.10. The van der Waals surface area contributed by atoms with Gasteiger partial charge in [-0.15, -0.1) is 0 Å². The van der Waals surface area contributed by atoms with Gasteiger partial charge in [0.05, 0.1) is 24.1 Å². The van der Waals surface area contributed by atoms with E-state index in [2.05, 4.69) is 4.98 Å². The molecular weight excluding hydrogens is 463 g/mol. The van der Waals surface area contributed by atoms with Gasteiger partial charge in [0.25, 0.3) is 0 Å². The van der Waals surface area contributed by atoms with Crippen molar-refractivity contribution in [3.8, 4) is 39.4 Å². The van der Waals surface area contributed by atoms with Gasteiger partial charge in [-0.3, -0.25) is 4.40 Å². The average molecular weight is 480 g/mol. The number of halogens is 4. The van der Waals surface area contributed by atoms with Crippen LogP contribution in [0.1, 0.15) is 5.56 Å². The van der Waals surface area contributed by atoms with Gasteiger partial charge in [0.2, 0.25) is 5.78 Å². The van der Waals surface area contributed by atoms with Crippen LogP contribution >= 0.6 is 11.6 Å². The topological polar surface area (TPSA) is 39.4 Å². The fraction of sp³-hybridized carbons (Fsp3) is 0.0769. The second-order valence-electron chi connectivity index (χ2n) is 7.64. The van der Waals surface area contributed by atoms with Gasteiger partial charge in [-0.25, -0.2) is 9.97 Å². The van der Waals surface area contributed by atoms with Crippen molar-refractivity contribution in [2.24, 2.45) is 0 Å². The van der Waals surface area contributed by atoms with Crippen LogP contribution in [0.5, 0.6) is 5.75 Å². The lowest BCUT2D eigenvalue weighted by atomic mass is 10.0. The van der Waals surface area contributed by atoms with Crippen LogP contribution in [0.25, 0.3) is 39.4 Å². The van der Waals surface area contributed by atoms with Gasteiger partial charge in [0.1, 0.15) is 5.75 Å². The summed E-state index contributed by atoms with van der Waals surface area (Å²) in [5.74, 6) is 1.12. The normalized spacial score (nSPS) is 11.7. The fourth-order valence-corrected chi connectivity index (χ4v) is 3.92. The summed E-state index contributed by atoms with van der Waals surface area (Å²) in [6.07, 6.45) is -1.15. The maximum Gasteiger partial charge on any atom is 0.416 e. The smallest absolute Gasteiger partial charge is 0.416 e. The Balaban J connectivity index is 1.73. The number of rotatable bonds is 4. The summed E-state index contributed by atoms with van der Waals surface area (Å²) in [6, 6.07) is 19.9. The highest BCUT2D eigenvalue weighted by molar-refractivity contribution is 6.30. The molecule has 0 saturated carbocycles. The van der Waals surface area contributed by atoms with Crippen LogP contribution in [0.2, 0.25) is 5.02 Å². The lowest BCUT2D eigenvalue weighted by molar-refractivity contribution is -0.137. The maximum atomic E-state index is 13.3. The van der Waals surface area contributed by atoms with Crippen LogP contribution in [0.3, 0.4) is 0 Å². The molecule has 34 heavy (non-hydrogen) atoms. The summed E-state index contributed by atoms with van der Waals surface area (Å²) >= 11 is 6.07. The largest absolute Gasteiger partial charge is 0.497 e. The van der Waals surface area contributed by atoms with Crippen molar-refractivity contribution >= 4 is 17.4 Å². The summed E-state index contributed by atoms with van der Waals surface area (Å²) in [6.45, 7) is 0. The van der Waals surface area contributed by atoms with Crippen molar-refractivity contribution in [1.29, 1.82) is 0 Å². The maximum absolute atomic E-state index is 13.3. The highest BCUT2D eigenvalue weighted by Gasteiger charge is 2.30. The number of hydrogen-bond acceptors (Lipinski definition) is 3. The van der Waals surface area contributed by atoms with Gasteiger partial charge >= 0.3 is 6.18 Å². The van der Waals surface area contributed by atoms with E-state index in [0.717, 1.165) is 29.0 Å². The van der Waals surface area contributed by atoms with E-state index < -0.39 is 11.7 Å². The average Bonchev–Trinajstić information content (AvgIpc) is 3.23. The summed E-state index contributed by atoms with van der Waals surface area (Å²) in [5, 5.41) is 0.600. The van der Waals surface area contributed by atoms with Crippen molar-refractivity contribution in [3.63, 3.8) is 0 Å². The fourth-order valence-electron chi connectivity index (χ4n) is 3.79. The second kappa shape index (κ2) is 8.50. The summed E-state index contributed by atoms with van der Waals surface area (Å²) < 4.78 is 46.8. The van der Waals surface area contributed by atoms with Crippen LogP contribution in [-0.2, 0) is 6.18 Å². The number of methoxy groups -OCH3 is 1. The van der Waals surface area contributed by atoms with Crippen LogP contribution in [0, 0.1) is 0 Å². The Kier molecular flexibility index (Phi) is 5.49. The Morgan fingerprint density at radius 3 is 2.24 bits per heavy atom. The summed E-state index contributed by atoms with van der Waals surface area (Å²) in [7, 11) is 1.59. The van der Waals surface area contributed by atoms with E-state index in [1.165, 1.54) is 12.3 Å².